The molecular weight excluding hydrogens is 406 g/mol. The third-order valence-corrected chi connectivity index (χ3v) is 5.45. The highest BCUT2D eigenvalue weighted by Crippen LogP contribution is 2.25. The lowest BCUT2D eigenvalue weighted by Crippen LogP contribution is -2.54. The Labute approximate surface area is 193 Å². The van der Waals surface area contributed by atoms with Gasteiger partial charge in [0.05, 0.1) is 0 Å². The van der Waals surface area contributed by atoms with Crippen LogP contribution in [0.4, 0.5) is 4.79 Å². The van der Waals surface area contributed by atoms with Gasteiger partial charge in [-0.05, 0) is 51.2 Å². The van der Waals surface area contributed by atoms with Gasteiger partial charge in [-0.2, -0.15) is 0 Å². The molecule has 1 aromatic rings. The van der Waals surface area contributed by atoms with Gasteiger partial charge >= 0.3 is 6.09 Å². The van der Waals surface area contributed by atoms with Gasteiger partial charge in [0, 0.05) is 13.6 Å². The Bertz CT molecular complexity index is 773. The smallest absolute Gasteiger partial charge is 0.408 e. The predicted molar refractivity (Wildman–Crippen MR) is 127 cm³/mol. The van der Waals surface area contributed by atoms with Crippen molar-refractivity contribution in [3.8, 4) is 0 Å². The van der Waals surface area contributed by atoms with Crippen LogP contribution in [0, 0.1) is 12.8 Å². The average Bonchev–Trinajstić information content (AvgIpc) is 2.71. The molecule has 0 aliphatic carbocycles. The van der Waals surface area contributed by atoms with Crippen molar-refractivity contribution in [1.82, 2.24) is 15.5 Å². The summed E-state index contributed by atoms with van der Waals surface area (Å²) in [5.41, 5.74) is 1.00. The van der Waals surface area contributed by atoms with Crippen molar-refractivity contribution >= 4 is 17.9 Å². The van der Waals surface area contributed by atoms with Crippen LogP contribution < -0.4 is 10.6 Å². The molecule has 0 bridgehead atoms. The maximum atomic E-state index is 13.6. The molecule has 1 rings (SSSR count). The lowest BCUT2D eigenvalue weighted by molar-refractivity contribution is -0.141. The number of ether oxygens (including phenoxy) is 1. The van der Waals surface area contributed by atoms with E-state index in [2.05, 4.69) is 17.6 Å². The van der Waals surface area contributed by atoms with Crippen LogP contribution in [0.25, 0.3) is 0 Å². The van der Waals surface area contributed by atoms with Crippen molar-refractivity contribution in [3.63, 3.8) is 0 Å². The summed E-state index contributed by atoms with van der Waals surface area (Å²) in [4.78, 5) is 40.6. The van der Waals surface area contributed by atoms with Crippen molar-refractivity contribution in [2.45, 2.75) is 85.4 Å². The number of rotatable bonds is 10. The second-order valence-electron chi connectivity index (χ2n) is 9.36. The van der Waals surface area contributed by atoms with E-state index < -0.39 is 23.8 Å². The van der Waals surface area contributed by atoms with E-state index in [0.717, 1.165) is 24.0 Å². The molecule has 7 nitrogen and oxygen atoms in total. The van der Waals surface area contributed by atoms with E-state index in [0.29, 0.717) is 13.0 Å². The number of amides is 3. The monoisotopic (exact) mass is 447 g/mol. The van der Waals surface area contributed by atoms with Crippen LogP contribution in [0.15, 0.2) is 24.3 Å². The Hall–Kier alpha value is -2.57. The summed E-state index contributed by atoms with van der Waals surface area (Å²) in [6.07, 6.45) is 1.85. The zero-order chi connectivity index (χ0) is 24.5. The molecule has 0 saturated carbocycles. The third kappa shape index (κ3) is 8.17. The maximum Gasteiger partial charge on any atom is 0.408 e. The van der Waals surface area contributed by atoms with Crippen LogP contribution in [0.1, 0.15) is 78.0 Å². The number of nitrogens with zero attached hydrogens (tertiary/aromatic N) is 1. The molecule has 0 aliphatic heterocycles. The molecule has 3 amide bonds. The van der Waals surface area contributed by atoms with Crippen LogP contribution in [0.5, 0.6) is 0 Å². The quantitative estimate of drug-likeness (QED) is 0.522. The Kier molecular flexibility index (Phi) is 10.7. The molecule has 3 atom stereocenters. The SMILES string of the molecule is CCCCNC(=O)C(c1ccccc1C)N(C)C(=O)C(NC(=O)OC(C)(C)C)C(C)CC. The molecule has 0 radical (unpaired) electrons. The summed E-state index contributed by atoms with van der Waals surface area (Å²) in [6, 6.07) is 5.94. The molecule has 0 spiro atoms. The van der Waals surface area contributed by atoms with Crippen LogP contribution in [-0.4, -0.2) is 48.0 Å². The lowest BCUT2D eigenvalue weighted by Gasteiger charge is -2.34. The number of hydrogen-bond acceptors (Lipinski definition) is 4. The van der Waals surface area contributed by atoms with Gasteiger partial charge in [-0.1, -0.05) is 57.9 Å². The summed E-state index contributed by atoms with van der Waals surface area (Å²) < 4.78 is 5.37. The van der Waals surface area contributed by atoms with Crippen molar-refractivity contribution in [2.24, 2.45) is 5.92 Å². The molecule has 0 aliphatic rings. The largest absolute Gasteiger partial charge is 0.444 e. The average molecular weight is 448 g/mol. The molecule has 0 heterocycles. The first-order valence-corrected chi connectivity index (χ1v) is 11.5. The highest BCUT2D eigenvalue weighted by Gasteiger charge is 2.36. The number of benzene rings is 1. The van der Waals surface area contributed by atoms with E-state index in [1.807, 2.05) is 45.0 Å². The Morgan fingerprint density at radius 3 is 2.28 bits per heavy atom. The van der Waals surface area contributed by atoms with Crippen LogP contribution in [0.3, 0.4) is 0 Å². The van der Waals surface area contributed by atoms with Crippen molar-refractivity contribution in [2.75, 3.05) is 13.6 Å². The van der Waals surface area contributed by atoms with Gasteiger partial charge in [-0.25, -0.2) is 4.79 Å². The summed E-state index contributed by atoms with van der Waals surface area (Å²) in [7, 11) is 1.62. The zero-order valence-electron chi connectivity index (χ0n) is 21.0. The van der Waals surface area contributed by atoms with E-state index in [1.165, 1.54) is 4.90 Å². The maximum absolute atomic E-state index is 13.6. The standard InChI is InChI=1S/C25H41N3O4/c1-9-11-16-26-22(29)21(19-15-13-12-14-18(19)4)28(8)23(30)20(17(3)10-2)27-24(31)32-25(5,6)7/h12-15,17,20-21H,9-11,16H2,1-8H3,(H,26,29)(H,27,31). The lowest BCUT2D eigenvalue weighted by atomic mass is 9.95. The van der Waals surface area contributed by atoms with Crippen LogP contribution in [0.2, 0.25) is 0 Å². The number of unbranched alkanes of at least 4 members (excludes halogenated alkanes) is 1. The van der Waals surface area contributed by atoms with Gasteiger partial charge in [0.15, 0.2) is 0 Å². The minimum Gasteiger partial charge on any atom is -0.444 e. The first-order valence-electron chi connectivity index (χ1n) is 11.5. The topological polar surface area (TPSA) is 87.7 Å². The molecule has 7 heteroatoms. The fourth-order valence-electron chi connectivity index (χ4n) is 3.37. The van der Waals surface area contributed by atoms with E-state index in [9.17, 15) is 14.4 Å². The molecule has 0 saturated heterocycles. The first-order chi connectivity index (χ1) is 14.9. The number of nitrogens with one attached hydrogen (secondary N) is 2. The van der Waals surface area contributed by atoms with E-state index in [4.69, 9.17) is 4.74 Å². The van der Waals surface area contributed by atoms with E-state index in [-0.39, 0.29) is 17.7 Å². The Morgan fingerprint density at radius 1 is 1.12 bits per heavy atom. The number of aryl methyl sites for hydroxylation is 1. The normalized spacial score (nSPS) is 14.1. The fourth-order valence-corrected chi connectivity index (χ4v) is 3.37. The minimum absolute atomic E-state index is 0.141. The Balaban J connectivity index is 3.24. The highest BCUT2D eigenvalue weighted by molar-refractivity contribution is 5.92. The fraction of sp³-hybridized carbons (Fsp3) is 0.640. The van der Waals surface area contributed by atoms with Crippen molar-refractivity contribution in [3.05, 3.63) is 35.4 Å². The van der Waals surface area contributed by atoms with E-state index >= 15 is 0 Å². The molecule has 2 N–H and O–H groups in total. The first kappa shape index (κ1) is 27.5. The van der Waals surface area contributed by atoms with Gasteiger partial charge in [0.2, 0.25) is 11.8 Å². The molecular formula is C25H41N3O4. The number of carbonyl (C=O) groups is 3. The molecule has 1 aromatic carbocycles. The third-order valence-electron chi connectivity index (χ3n) is 5.45. The van der Waals surface area contributed by atoms with Crippen molar-refractivity contribution in [1.29, 1.82) is 0 Å². The van der Waals surface area contributed by atoms with Crippen molar-refractivity contribution < 1.29 is 19.1 Å². The van der Waals surface area contributed by atoms with E-state index in [1.54, 1.807) is 27.8 Å². The summed E-state index contributed by atoms with van der Waals surface area (Å²) >= 11 is 0. The molecule has 0 fully saturated rings. The molecule has 3 unspecified atom stereocenters. The molecule has 0 aromatic heterocycles. The summed E-state index contributed by atoms with van der Waals surface area (Å²) in [6.45, 7) is 13.7. The van der Waals surface area contributed by atoms with Gasteiger partial charge in [-0.3, -0.25) is 9.59 Å². The second kappa shape index (κ2) is 12.5. The van der Waals surface area contributed by atoms with Gasteiger partial charge in [-0.15, -0.1) is 0 Å². The van der Waals surface area contributed by atoms with Crippen LogP contribution in [-0.2, 0) is 14.3 Å². The number of likely N-dealkylation sites (N-methyl/N-ethyl adjacent to an activating group) is 1. The summed E-state index contributed by atoms with van der Waals surface area (Å²) in [5, 5.41) is 5.69. The predicted octanol–water partition coefficient (Wildman–Crippen LogP) is 4.35. The van der Waals surface area contributed by atoms with Crippen LogP contribution >= 0.6 is 0 Å². The second-order valence-corrected chi connectivity index (χ2v) is 9.36. The minimum atomic E-state index is -0.810. The zero-order valence-corrected chi connectivity index (χ0v) is 21.0. The summed E-state index contributed by atoms with van der Waals surface area (Å²) in [5.74, 6) is -0.703. The highest BCUT2D eigenvalue weighted by atomic mass is 16.6. The Morgan fingerprint density at radius 2 is 1.75 bits per heavy atom. The van der Waals surface area contributed by atoms with Gasteiger partial charge in [0.1, 0.15) is 17.7 Å². The molecule has 180 valence electrons. The van der Waals surface area contributed by atoms with Gasteiger partial charge in [0.25, 0.3) is 0 Å². The number of alkyl carbamates (subject to hydrolysis) is 1. The molecule has 32 heavy (non-hydrogen) atoms. The number of hydrogen-bond donors (Lipinski definition) is 2. The number of carbonyl (C=O) groups excluding carboxylic acids is 3. The van der Waals surface area contributed by atoms with Gasteiger partial charge < -0.3 is 20.3 Å².